The van der Waals surface area contributed by atoms with Crippen LogP contribution >= 0.6 is 11.8 Å². The Labute approximate surface area is 129 Å². The molecule has 116 valence electrons. The van der Waals surface area contributed by atoms with Gasteiger partial charge in [0.1, 0.15) is 4.93 Å². The van der Waals surface area contributed by atoms with Gasteiger partial charge in [0.25, 0.3) is 0 Å². The molecule has 2 heteroatoms. The minimum atomic E-state index is 0.116. The molecular formula is C18H32OS. The summed E-state index contributed by atoms with van der Waals surface area (Å²) in [5.74, 6) is 0. The highest BCUT2D eigenvalue weighted by atomic mass is 32.2. The van der Waals surface area contributed by atoms with E-state index >= 15 is 0 Å². The molecular weight excluding hydrogens is 264 g/mol. The predicted molar refractivity (Wildman–Crippen MR) is 90.2 cm³/mol. The van der Waals surface area contributed by atoms with Crippen LogP contribution in [0.25, 0.3) is 0 Å². The summed E-state index contributed by atoms with van der Waals surface area (Å²) in [6, 6.07) is 0. The highest BCUT2D eigenvalue weighted by molar-refractivity contribution is 8.01. The largest absolute Gasteiger partial charge is 0.364 e. The summed E-state index contributed by atoms with van der Waals surface area (Å²) >= 11 is 2.15. The van der Waals surface area contributed by atoms with Crippen LogP contribution < -0.4 is 0 Å². The quantitative estimate of drug-likeness (QED) is 0.384. The predicted octanol–water partition coefficient (Wildman–Crippen LogP) is 5.94. The highest BCUT2D eigenvalue weighted by Crippen LogP contribution is 2.63. The molecule has 1 heterocycles. The monoisotopic (exact) mass is 296 g/mol. The fourth-order valence-electron chi connectivity index (χ4n) is 4.16. The first-order valence-electron chi connectivity index (χ1n) is 8.61. The lowest BCUT2D eigenvalue weighted by molar-refractivity contribution is 0.0382. The third-order valence-electron chi connectivity index (χ3n) is 5.28. The Morgan fingerprint density at radius 2 is 2.10 bits per heavy atom. The van der Waals surface area contributed by atoms with Gasteiger partial charge < -0.3 is 4.74 Å². The van der Waals surface area contributed by atoms with Gasteiger partial charge in [-0.25, -0.2) is 0 Å². The summed E-state index contributed by atoms with van der Waals surface area (Å²) in [5.41, 5.74) is 0.400. The maximum Gasteiger partial charge on any atom is 0.119 e. The van der Waals surface area contributed by atoms with E-state index in [9.17, 15) is 0 Å². The van der Waals surface area contributed by atoms with E-state index in [-0.39, 0.29) is 4.93 Å². The molecule has 1 aliphatic heterocycles. The van der Waals surface area contributed by atoms with Gasteiger partial charge >= 0.3 is 0 Å². The van der Waals surface area contributed by atoms with Crippen LogP contribution in [0.5, 0.6) is 0 Å². The SMILES string of the molecule is C=CCC12CCCC1(SC(C)CCCCCC)OCC2. The first-order valence-corrected chi connectivity index (χ1v) is 9.49. The van der Waals surface area contributed by atoms with Crippen LogP contribution in [0.15, 0.2) is 12.7 Å². The Hall–Kier alpha value is 0.0500. The molecule has 0 aromatic heterocycles. The van der Waals surface area contributed by atoms with Gasteiger partial charge in [-0.15, -0.1) is 18.3 Å². The summed E-state index contributed by atoms with van der Waals surface area (Å²) in [4.78, 5) is 0.116. The van der Waals surface area contributed by atoms with Crippen molar-refractivity contribution in [3.05, 3.63) is 12.7 Å². The van der Waals surface area contributed by atoms with Gasteiger partial charge in [0.15, 0.2) is 0 Å². The minimum Gasteiger partial charge on any atom is -0.364 e. The smallest absolute Gasteiger partial charge is 0.119 e. The van der Waals surface area contributed by atoms with Crippen LogP contribution in [0.1, 0.15) is 78.1 Å². The molecule has 2 rings (SSSR count). The highest BCUT2D eigenvalue weighted by Gasteiger charge is 2.59. The van der Waals surface area contributed by atoms with Crippen molar-refractivity contribution in [1.29, 1.82) is 0 Å². The lowest BCUT2D eigenvalue weighted by Gasteiger charge is -2.40. The number of allylic oxidation sites excluding steroid dienone is 1. The van der Waals surface area contributed by atoms with Gasteiger partial charge in [-0.1, -0.05) is 45.6 Å². The summed E-state index contributed by atoms with van der Waals surface area (Å²) in [5, 5.41) is 0.729. The van der Waals surface area contributed by atoms with E-state index in [1.165, 1.54) is 57.8 Å². The van der Waals surface area contributed by atoms with Crippen molar-refractivity contribution in [2.75, 3.05) is 6.61 Å². The summed E-state index contributed by atoms with van der Waals surface area (Å²) in [6.07, 6.45) is 15.3. The van der Waals surface area contributed by atoms with E-state index in [4.69, 9.17) is 4.74 Å². The van der Waals surface area contributed by atoms with E-state index in [0.717, 1.165) is 18.3 Å². The molecule has 0 aromatic rings. The van der Waals surface area contributed by atoms with Gasteiger partial charge in [0.2, 0.25) is 0 Å². The molecule has 20 heavy (non-hydrogen) atoms. The topological polar surface area (TPSA) is 9.23 Å². The fraction of sp³-hybridized carbons (Fsp3) is 0.889. The van der Waals surface area contributed by atoms with Gasteiger partial charge in [0, 0.05) is 17.3 Å². The Bertz CT molecular complexity index is 303. The third-order valence-corrected chi connectivity index (χ3v) is 7.05. The number of fused-ring (bicyclic) bond motifs is 1. The van der Waals surface area contributed by atoms with E-state index in [2.05, 4.69) is 38.3 Å². The molecule has 1 nitrogen and oxygen atoms in total. The molecule has 1 saturated heterocycles. The van der Waals surface area contributed by atoms with Crippen molar-refractivity contribution < 1.29 is 4.74 Å². The molecule has 2 aliphatic rings. The first-order chi connectivity index (χ1) is 9.68. The number of rotatable bonds is 9. The molecule has 0 spiro atoms. The lowest BCUT2D eigenvalue weighted by Crippen LogP contribution is -2.38. The Kier molecular flexibility index (Phi) is 6.04. The van der Waals surface area contributed by atoms with Gasteiger partial charge in [0.05, 0.1) is 0 Å². The van der Waals surface area contributed by atoms with Crippen molar-refractivity contribution in [3.63, 3.8) is 0 Å². The van der Waals surface area contributed by atoms with E-state index < -0.39 is 0 Å². The van der Waals surface area contributed by atoms with Crippen molar-refractivity contribution in [2.45, 2.75) is 88.2 Å². The Morgan fingerprint density at radius 3 is 2.85 bits per heavy atom. The van der Waals surface area contributed by atoms with Crippen molar-refractivity contribution in [2.24, 2.45) is 5.41 Å². The van der Waals surface area contributed by atoms with Crippen molar-refractivity contribution in [1.82, 2.24) is 0 Å². The van der Waals surface area contributed by atoms with Crippen LogP contribution in [-0.2, 0) is 4.74 Å². The third kappa shape index (κ3) is 3.27. The average molecular weight is 297 g/mol. The maximum absolute atomic E-state index is 6.33. The van der Waals surface area contributed by atoms with E-state index in [0.29, 0.717) is 5.41 Å². The zero-order valence-electron chi connectivity index (χ0n) is 13.5. The summed E-state index contributed by atoms with van der Waals surface area (Å²) in [6.45, 7) is 9.65. The second kappa shape index (κ2) is 7.35. The molecule has 0 N–H and O–H groups in total. The molecule has 0 bridgehead atoms. The maximum atomic E-state index is 6.33. The van der Waals surface area contributed by atoms with Gasteiger partial charge in [-0.3, -0.25) is 0 Å². The van der Waals surface area contributed by atoms with Crippen LogP contribution in [-0.4, -0.2) is 16.8 Å². The lowest BCUT2D eigenvalue weighted by atomic mass is 9.79. The normalized spacial score (nSPS) is 34.1. The molecule has 3 atom stereocenters. The Balaban J connectivity index is 1.90. The molecule has 0 radical (unpaired) electrons. The molecule has 0 amide bonds. The van der Waals surface area contributed by atoms with Gasteiger partial charge in [-0.2, -0.15) is 0 Å². The van der Waals surface area contributed by atoms with Crippen LogP contribution in [0.3, 0.4) is 0 Å². The molecule has 2 fully saturated rings. The number of unbranched alkanes of at least 4 members (excludes halogenated alkanes) is 3. The first kappa shape index (κ1) is 16.4. The van der Waals surface area contributed by atoms with Crippen LogP contribution in [0.4, 0.5) is 0 Å². The number of ether oxygens (including phenoxy) is 1. The van der Waals surface area contributed by atoms with Gasteiger partial charge in [-0.05, 0) is 38.5 Å². The summed E-state index contributed by atoms with van der Waals surface area (Å²) < 4.78 is 6.33. The fourth-order valence-corrected chi connectivity index (χ4v) is 6.05. The molecule has 3 unspecified atom stereocenters. The number of hydrogen-bond donors (Lipinski definition) is 0. The molecule has 0 aromatic carbocycles. The van der Waals surface area contributed by atoms with E-state index in [1.807, 2.05) is 0 Å². The second-order valence-electron chi connectivity index (χ2n) is 6.76. The minimum absolute atomic E-state index is 0.116. The Morgan fingerprint density at radius 1 is 1.25 bits per heavy atom. The van der Waals surface area contributed by atoms with Crippen molar-refractivity contribution in [3.8, 4) is 0 Å². The average Bonchev–Trinajstić information content (AvgIpc) is 2.89. The second-order valence-corrected chi connectivity index (χ2v) is 8.46. The summed E-state index contributed by atoms with van der Waals surface area (Å²) in [7, 11) is 0. The zero-order valence-corrected chi connectivity index (χ0v) is 14.3. The van der Waals surface area contributed by atoms with E-state index in [1.54, 1.807) is 0 Å². The number of hydrogen-bond acceptors (Lipinski definition) is 2. The zero-order chi connectivity index (χ0) is 14.5. The standard InChI is InChI=1S/C18H32OS/c1-4-6-7-8-10-16(3)20-18-13-9-12-17(18,11-5-2)14-15-19-18/h5,16H,2,4,6-15H2,1,3H3. The molecule has 1 saturated carbocycles. The van der Waals surface area contributed by atoms with Crippen molar-refractivity contribution >= 4 is 11.8 Å². The van der Waals surface area contributed by atoms with Crippen LogP contribution in [0.2, 0.25) is 0 Å². The molecule has 1 aliphatic carbocycles. The number of thioether (sulfide) groups is 1. The van der Waals surface area contributed by atoms with Crippen LogP contribution in [0, 0.1) is 5.41 Å².